The van der Waals surface area contributed by atoms with E-state index in [2.05, 4.69) is 11.9 Å². The third-order valence-electron chi connectivity index (χ3n) is 2.78. The Hall–Kier alpha value is -1.42. The molecule has 90 valence electrons. The Bertz CT molecular complexity index is 513. The lowest BCUT2D eigenvalue weighted by Crippen LogP contribution is -2.03. The molecule has 0 radical (unpaired) electrons. The van der Waals surface area contributed by atoms with Crippen LogP contribution in [0.15, 0.2) is 24.5 Å². The zero-order valence-electron chi connectivity index (χ0n) is 10.1. The Labute approximate surface area is 105 Å². The fourth-order valence-corrected chi connectivity index (χ4v) is 2.62. The molecule has 0 unspecified atom stereocenters. The van der Waals surface area contributed by atoms with E-state index in [-0.39, 0.29) is 5.78 Å². The smallest absolute Gasteiger partial charge is 0.173 e. The van der Waals surface area contributed by atoms with E-state index in [1.807, 2.05) is 29.9 Å². The minimum atomic E-state index is 0.220. The van der Waals surface area contributed by atoms with E-state index in [1.165, 1.54) is 4.88 Å². The van der Waals surface area contributed by atoms with Gasteiger partial charge in [0, 0.05) is 37.2 Å². The summed E-state index contributed by atoms with van der Waals surface area (Å²) in [6.45, 7) is 2.11. The maximum atomic E-state index is 12.0. The van der Waals surface area contributed by atoms with Gasteiger partial charge in [-0.15, -0.1) is 11.3 Å². The van der Waals surface area contributed by atoms with E-state index >= 15 is 0 Å². The molecule has 2 aromatic rings. The summed E-state index contributed by atoms with van der Waals surface area (Å²) in [5.41, 5.74) is 0. The van der Waals surface area contributed by atoms with E-state index in [0.717, 1.165) is 17.1 Å². The number of aryl methyl sites for hydroxylation is 3. The molecule has 0 amide bonds. The van der Waals surface area contributed by atoms with Crippen molar-refractivity contribution in [3.8, 4) is 0 Å². The summed E-state index contributed by atoms with van der Waals surface area (Å²) in [7, 11) is 1.95. The molecule has 0 aromatic carbocycles. The highest BCUT2D eigenvalue weighted by Crippen LogP contribution is 2.19. The van der Waals surface area contributed by atoms with Crippen molar-refractivity contribution >= 4 is 17.1 Å². The van der Waals surface area contributed by atoms with Crippen LogP contribution in [0.2, 0.25) is 0 Å². The lowest BCUT2D eigenvalue weighted by molar-refractivity contribution is 0.0986. The molecule has 17 heavy (non-hydrogen) atoms. The van der Waals surface area contributed by atoms with Crippen molar-refractivity contribution in [2.24, 2.45) is 7.05 Å². The minimum absolute atomic E-state index is 0.220. The second kappa shape index (κ2) is 5.27. The predicted octanol–water partition coefficient (Wildman–Crippen LogP) is 2.86. The topological polar surface area (TPSA) is 34.9 Å². The Morgan fingerprint density at radius 3 is 2.88 bits per heavy atom. The Morgan fingerprint density at radius 1 is 1.47 bits per heavy atom. The molecule has 0 saturated heterocycles. The standard InChI is InChI=1S/C13H16N2OS/c1-3-10-4-6-12(17-10)11(16)5-7-13-14-8-9-15(13)2/h4,6,8-9H,3,5,7H2,1-2H3. The highest BCUT2D eigenvalue weighted by Gasteiger charge is 2.10. The summed E-state index contributed by atoms with van der Waals surface area (Å²) in [5, 5.41) is 0. The number of ketones is 1. The van der Waals surface area contributed by atoms with Gasteiger partial charge in [-0.05, 0) is 18.6 Å². The number of hydrogen-bond donors (Lipinski definition) is 0. The van der Waals surface area contributed by atoms with Crippen molar-refractivity contribution in [3.63, 3.8) is 0 Å². The summed E-state index contributed by atoms with van der Waals surface area (Å²) in [4.78, 5) is 18.3. The largest absolute Gasteiger partial charge is 0.338 e. The monoisotopic (exact) mass is 248 g/mol. The van der Waals surface area contributed by atoms with Crippen LogP contribution in [0, 0.1) is 0 Å². The highest BCUT2D eigenvalue weighted by molar-refractivity contribution is 7.14. The number of aromatic nitrogens is 2. The zero-order valence-corrected chi connectivity index (χ0v) is 11.0. The first-order chi connectivity index (χ1) is 8.20. The third kappa shape index (κ3) is 2.82. The first-order valence-corrected chi connectivity index (χ1v) is 6.60. The van der Waals surface area contributed by atoms with Gasteiger partial charge in [0.15, 0.2) is 5.78 Å². The lowest BCUT2D eigenvalue weighted by atomic mass is 10.2. The van der Waals surface area contributed by atoms with Crippen molar-refractivity contribution in [1.82, 2.24) is 9.55 Å². The van der Waals surface area contributed by atoms with Gasteiger partial charge in [0.25, 0.3) is 0 Å². The van der Waals surface area contributed by atoms with Crippen molar-refractivity contribution in [3.05, 3.63) is 40.1 Å². The van der Waals surface area contributed by atoms with Crippen LogP contribution in [0.5, 0.6) is 0 Å². The van der Waals surface area contributed by atoms with Crippen LogP contribution in [0.3, 0.4) is 0 Å². The number of carbonyl (C=O) groups is 1. The molecule has 4 heteroatoms. The van der Waals surface area contributed by atoms with Gasteiger partial charge in [-0.1, -0.05) is 6.92 Å². The van der Waals surface area contributed by atoms with Crippen LogP contribution in [0.25, 0.3) is 0 Å². The first-order valence-electron chi connectivity index (χ1n) is 5.78. The van der Waals surface area contributed by atoms with E-state index in [9.17, 15) is 4.79 Å². The maximum absolute atomic E-state index is 12.0. The molecule has 0 bridgehead atoms. The molecule has 0 fully saturated rings. The summed E-state index contributed by atoms with van der Waals surface area (Å²) in [6, 6.07) is 3.98. The molecule has 0 saturated carbocycles. The number of imidazole rings is 1. The van der Waals surface area contributed by atoms with Crippen LogP contribution in [0.4, 0.5) is 0 Å². The summed E-state index contributed by atoms with van der Waals surface area (Å²) in [6.07, 6.45) is 5.91. The van der Waals surface area contributed by atoms with Crippen molar-refractivity contribution in [2.45, 2.75) is 26.2 Å². The average Bonchev–Trinajstić information content (AvgIpc) is 2.94. The molecule has 0 aliphatic rings. The van der Waals surface area contributed by atoms with Gasteiger partial charge in [0.1, 0.15) is 5.82 Å². The van der Waals surface area contributed by atoms with Crippen molar-refractivity contribution in [1.29, 1.82) is 0 Å². The summed E-state index contributed by atoms with van der Waals surface area (Å²) >= 11 is 1.61. The van der Waals surface area contributed by atoms with Gasteiger partial charge in [0.05, 0.1) is 4.88 Å². The van der Waals surface area contributed by atoms with Gasteiger partial charge in [-0.3, -0.25) is 4.79 Å². The Morgan fingerprint density at radius 2 is 2.29 bits per heavy atom. The molecule has 3 nitrogen and oxygen atoms in total. The normalized spacial score (nSPS) is 10.7. The van der Waals surface area contributed by atoms with Gasteiger partial charge < -0.3 is 4.57 Å². The Balaban J connectivity index is 1.95. The van der Waals surface area contributed by atoms with E-state index in [0.29, 0.717) is 12.8 Å². The van der Waals surface area contributed by atoms with Crippen molar-refractivity contribution in [2.75, 3.05) is 0 Å². The molecular formula is C13H16N2OS. The maximum Gasteiger partial charge on any atom is 0.173 e. The quantitative estimate of drug-likeness (QED) is 0.763. The van der Waals surface area contributed by atoms with Crippen LogP contribution in [-0.4, -0.2) is 15.3 Å². The van der Waals surface area contributed by atoms with Crippen molar-refractivity contribution < 1.29 is 4.79 Å². The fourth-order valence-electron chi connectivity index (χ4n) is 1.70. The number of hydrogen-bond acceptors (Lipinski definition) is 3. The number of rotatable bonds is 5. The molecule has 0 aliphatic heterocycles. The molecule has 0 N–H and O–H groups in total. The molecule has 0 aliphatic carbocycles. The van der Waals surface area contributed by atoms with Crippen LogP contribution in [0.1, 0.15) is 33.7 Å². The molecular weight excluding hydrogens is 232 g/mol. The number of nitrogens with zero attached hydrogens (tertiary/aromatic N) is 2. The molecule has 2 rings (SSSR count). The summed E-state index contributed by atoms with van der Waals surface area (Å²) in [5.74, 6) is 1.18. The van der Waals surface area contributed by atoms with Gasteiger partial charge in [0.2, 0.25) is 0 Å². The molecule has 2 heterocycles. The molecule has 0 atom stereocenters. The van der Waals surface area contributed by atoms with Crippen LogP contribution in [-0.2, 0) is 19.9 Å². The third-order valence-corrected chi connectivity index (χ3v) is 4.05. The Kier molecular flexibility index (Phi) is 3.74. The van der Waals surface area contributed by atoms with Crippen LogP contribution >= 0.6 is 11.3 Å². The van der Waals surface area contributed by atoms with E-state index in [1.54, 1.807) is 17.5 Å². The zero-order chi connectivity index (χ0) is 12.3. The van der Waals surface area contributed by atoms with E-state index < -0.39 is 0 Å². The predicted molar refractivity (Wildman–Crippen MR) is 69.6 cm³/mol. The molecule has 0 spiro atoms. The van der Waals surface area contributed by atoms with Gasteiger partial charge >= 0.3 is 0 Å². The highest BCUT2D eigenvalue weighted by atomic mass is 32.1. The second-order valence-corrected chi connectivity index (χ2v) is 5.17. The lowest BCUT2D eigenvalue weighted by Gasteiger charge is -2.00. The SMILES string of the molecule is CCc1ccc(C(=O)CCc2nccn2C)s1. The average molecular weight is 248 g/mol. The van der Waals surface area contributed by atoms with Crippen LogP contribution < -0.4 is 0 Å². The molecule has 2 aromatic heterocycles. The second-order valence-electron chi connectivity index (χ2n) is 4.00. The van der Waals surface area contributed by atoms with E-state index in [4.69, 9.17) is 0 Å². The minimum Gasteiger partial charge on any atom is -0.338 e. The fraction of sp³-hybridized carbons (Fsp3) is 0.385. The number of Topliss-reactive ketones (excluding diaryl/α,β-unsaturated/α-hetero) is 1. The number of thiophene rings is 1. The summed E-state index contributed by atoms with van der Waals surface area (Å²) < 4.78 is 1.96. The first kappa shape index (κ1) is 12.0. The van der Waals surface area contributed by atoms with Gasteiger partial charge in [-0.25, -0.2) is 4.98 Å². The van der Waals surface area contributed by atoms with Gasteiger partial charge in [-0.2, -0.15) is 0 Å². The number of carbonyl (C=O) groups excluding carboxylic acids is 1.